The standard InChI is InChI=1S/C14H27NO/c1-2-6-13(12-7-4-3-5-8-12)15-14(11-16)9-10-14/h12-13,15-16H,2-11H2,1H3. The van der Waals surface area contributed by atoms with E-state index in [1.165, 1.54) is 57.8 Å². The zero-order valence-corrected chi connectivity index (χ0v) is 10.7. The van der Waals surface area contributed by atoms with Gasteiger partial charge in [0.25, 0.3) is 0 Å². The molecule has 0 bridgehead atoms. The predicted molar refractivity (Wildman–Crippen MR) is 67.5 cm³/mol. The second kappa shape index (κ2) is 5.50. The van der Waals surface area contributed by atoms with Gasteiger partial charge in [0, 0.05) is 11.6 Å². The van der Waals surface area contributed by atoms with Gasteiger partial charge in [0.2, 0.25) is 0 Å². The van der Waals surface area contributed by atoms with E-state index in [1.54, 1.807) is 0 Å². The molecule has 2 rings (SSSR count). The van der Waals surface area contributed by atoms with Crippen molar-refractivity contribution in [2.45, 2.75) is 76.3 Å². The van der Waals surface area contributed by atoms with Crippen molar-refractivity contribution in [2.24, 2.45) is 5.92 Å². The van der Waals surface area contributed by atoms with Crippen LogP contribution >= 0.6 is 0 Å². The quantitative estimate of drug-likeness (QED) is 0.728. The summed E-state index contributed by atoms with van der Waals surface area (Å²) in [6.45, 7) is 2.61. The summed E-state index contributed by atoms with van der Waals surface area (Å²) in [5.74, 6) is 0.873. The highest BCUT2D eigenvalue weighted by Gasteiger charge is 2.44. The molecule has 0 heterocycles. The van der Waals surface area contributed by atoms with Crippen molar-refractivity contribution in [1.29, 1.82) is 0 Å². The topological polar surface area (TPSA) is 32.3 Å². The Kier molecular flexibility index (Phi) is 4.26. The third-order valence-corrected chi connectivity index (χ3v) is 4.47. The van der Waals surface area contributed by atoms with E-state index in [4.69, 9.17) is 0 Å². The molecule has 2 saturated carbocycles. The first-order chi connectivity index (χ1) is 7.79. The van der Waals surface area contributed by atoms with Gasteiger partial charge < -0.3 is 10.4 Å². The average Bonchev–Trinajstić information content (AvgIpc) is 3.10. The molecule has 0 aromatic carbocycles. The fourth-order valence-corrected chi connectivity index (χ4v) is 3.17. The highest BCUT2D eigenvalue weighted by atomic mass is 16.3. The molecular weight excluding hydrogens is 198 g/mol. The molecule has 0 saturated heterocycles. The first-order valence-electron chi connectivity index (χ1n) is 7.18. The Morgan fingerprint density at radius 1 is 1.25 bits per heavy atom. The lowest BCUT2D eigenvalue weighted by atomic mass is 9.82. The minimum Gasteiger partial charge on any atom is -0.394 e. The van der Waals surface area contributed by atoms with Crippen LogP contribution in [0.3, 0.4) is 0 Å². The van der Waals surface area contributed by atoms with Crippen molar-refractivity contribution in [1.82, 2.24) is 5.32 Å². The number of nitrogens with one attached hydrogen (secondary N) is 1. The fraction of sp³-hybridized carbons (Fsp3) is 1.00. The number of aliphatic hydroxyl groups excluding tert-OH is 1. The second-order valence-corrected chi connectivity index (χ2v) is 5.88. The van der Waals surface area contributed by atoms with Gasteiger partial charge in [-0.3, -0.25) is 0 Å². The molecular formula is C14H27NO. The Labute approximate surface area is 99.8 Å². The summed E-state index contributed by atoms with van der Waals surface area (Å²) >= 11 is 0. The van der Waals surface area contributed by atoms with Gasteiger partial charge >= 0.3 is 0 Å². The highest BCUT2D eigenvalue weighted by Crippen LogP contribution is 2.38. The Morgan fingerprint density at radius 3 is 2.44 bits per heavy atom. The van der Waals surface area contributed by atoms with E-state index in [0.29, 0.717) is 12.6 Å². The first kappa shape index (κ1) is 12.4. The van der Waals surface area contributed by atoms with Crippen molar-refractivity contribution >= 4 is 0 Å². The van der Waals surface area contributed by atoms with Gasteiger partial charge in [-0.05, 0) is 38.0 Å². The summed E-state index contributed by atoms with van der Waals surface area (Å²) in [6, 6.07) is 0.667. The highest BCUT2D eigenvalue weighted by molar-refractivity contribution is 5.04. The smallest absolute Gasteiger partial charge is 0.0613 e. The van der Waals surface area contributed by atoms with Gasteiger partial charge in [-0.15, -0.1) is 0 Å². The molecule has 2 aliphatic rings. The maximum Gasteiger partial charge on any atom is 0.0613 e. The maximum absolute atomic E-state index is 9.41. The van der Waals surface area contributed by atoms with Gasteiger partial charge in [-0.25, -0.2) is 0 Å². The zero-order chi connectivity index (χ0) is 11.4. The first-order valence-corrected chi connectivity index (χ1v) is 7.18. The number of hydrogen-bond donors (Lipinski definition) is 2. The van der Waals surface area contributed by atoms with Crippen LogP contribution in [0.2, 0.25) is 0 Å². The van der Waals surface area contributed by atoms with Gasteiger partial charge in [0.15, 0.2) is 0 Å². The van der Waals surface area contributed by atoms with Crippen LogP contribution in [0, 0.1) is 5.92 Å². The van der Waals surface area contributed by atoms with Crippen molar-refractivity contribution in [3.05, 3.63) is 0 Å². The van der Waals surface area contributed by atoms with Crippen LogP contribution in [-0.2, 0) is 0 Å². The SMILES string of the molecule is CCCC(NC1(CO)CC1)C1CCCCC1. The van der Waals surface area contributed by atoms with Crippen molar-refractivity contribution in [2.75, 3.05) is 6.61 Å². The minimum atomic E-state index is 0.122. The maximum atomic E-state index is 9.41. The molecule has 0 spiro atoms. The Morgan fingerprint density at radius 2 is 1.94 bits per heavy atom. The van der Waals surface area contributed by atoms with Gasteiger partial charge in [-0.1, -0.05) is 32.6 Å². The third-order valence-electron chi connectivity index (χ3n) is 4.47. The summed E-state index contributed by atoms with van der Waals surface area (Å²) in [5.41, 5.74) is 0.122. The van der Waals surface area contributed by atoms with Gasteiger partial charge in [0.05, 0.1) is 6.61 Å². The van der Waals surface area contributed by atoms with Crippen LogP contribution in [0.1, 0.15) is 64.7 Å². The Bertz CT molecular complexity index is 207. The molecule has 94 valence electrons. The van der Waals surface area contributed by atoms with E-state index < -0.39 is 0 Å². The largest absolute Gasteiger partial charge is 0.394 e. The number of hydrogen-bond acceptors (Lipinski definition) is 2. The van der Waals surface area contributed by atoms with E-state index in [-0.39, 0.29) is 5.54 Å². The lowest BCUT2D eigenvalue weighted by molar-refractivity contribution is 0.179. The van der Waals surface area contributed by atoms with Gasteiger partial charge in [-0.2, -0.15) is 0 Å². The molecule has 0 aromatic heterocycles. The van der Waals surface area contributed by atoms with E-state index in [1.807, 2.05) is 0 Å². The molecule has 0 aromatic rings. The second-order valence-electron chi connectivity index (χ2n) is 5.88. The Balaban J connectivity index is 1.87. The van der Waals surface area contributed by atoms with Crippen LogP contribution in [0.5, 0.6) is 0 Å². The number of aliphatic hydroxyl groups is 1. The molecule has 2 heteroatoms. The third kappa shape index (κ3) is 2.98. The summed E-state index contributed by atoms with van der Waals surface area (Å²) in [7, 11) is 0. The van der Waals surface area contributed by atoms with E-state index in [2.05, 4.69) is 12.2 Å². The summed E-state index contributed by atoms with van der Waals surface area (Å²) in [6.07, 6.45) is 12.0. The van der Waals surface area contributed by atoms with Crippen LogP contribution in [0.15, 0.2) is 0 Å². The van der Waals surface area contributed by atoms with Crippen LogP contribution < -0.4 is 5.32 Å². The normalized spacial score (nSPS) is 26.6. The molecule has 0 aliphatic heterocycles. The zero-order valence-electron chi connectivity index (χ0n) is 10.7. The molecule has 2 aliphatic carbocycles. The fourth-order valence-electron chi connectivity index (χ4n) is 3.17. The summed E-state index contributed by atoms with van der Waals surface area (Å²) < 4.78 is 0. The van der Waals surface area contributed by atoms with Crippen LogP contribution in [-0.4, -0.2) is 23.3 Å². The average molecular weight is 225 g/mol. The molecule has 1 unspecified atom stereocenters. The van der Waals surface area contributed by atoms with Crippen molar-refractivity contribution < 1.29 is 5.11 Å². The summed E-state index contributed by atoms with van der Waals surface area (Å²) in [5, 5.41) is 13.2. The minimum absolute atomic E-state index is 0.122. The van der Waals surface area contributed by atoms with Crippen molar-refractivity contribution in [3.8, 4) is 0 Å². The van der Waals surface area contributed by atoms with Gasteiger partial charge in [0.1, 0.15) is 0 Å². The number of rotatable bonds is 6. The molecule has 2 nitrogen and oxygen atoms in total. The molecule has 16 heavy (non-hydrogen) atoms. The van der Waals surface area contributed by atoms with E-state index >= 15 is 0 Å². The molecule has 1 atom stereocenters. The monoisotopic (exact) mass is 225 g/mol. The lowest BCUT2D eigenvalue weighted by Gasteiger charge is -2.33. The molecule has 2 fully saturated rings. The molecule has 0 amide bonds. The Hall–Kier alpha value is -0.0800. The van der Waals surface area contributed by atoms with E-state index in [9.17, 15) is 5.11 Å². The molecule has 0 radical (unpaired) electrons. The lowest BCUT2D eigenvalue weighted by Crippen LogP contribution is -2.46. The van der Waals surface area contributed by atoms with E-state index in [0.717, 1.165) is 5.92 Å². The predicted octanol–water partition coefficient (Wildman–Crippen LogP) is 2.85. The van der Waals surface area contributed by atoms with Crippen LogP contribution in [0.4, 0.5) is 0 Å². The van der Waals surface area contributed by atoms with Crippen molar-refractivity contribution in [3.63, 3.8) is 0 Å². The summed E-state index contributed by atoms with van der Waals surface area (Å²) in [4.78, 5) is 0. The molecule has 2 N–H and O–H groups in total. The van der Waals surface area contributed by atoms with Crippen LogP contribution in [0.25, 0.3) is 0 Å².